The van der Waals surface area contributed by atoms with Crippen LogP contribution in [0.4, 0.5) is 4.39 Å². The molecule has 10 nitrogen and oxygen atoms in total. The number of pyridine rings is 2. The number of amides is 1. The standard InChI is InChI=1S/C16H13ClFN5O5S/c1-29(26,27)16-22-21-11(28-16)5-19-15(25)9-6-23(7-2-3-7)14-8(12(9)24)4-10(18)13(17)20-14/h4,6-7H,2-3,5H2,1H3,(H,19,25). The molecule has 0 atom stereocenters. The highest BCUT2D eigenvalue weighted by Crippen LogP contribution is 2.36. The summed E-state index contributed by atoms with van der Waals surface area (Å²) in [6.07, 6.45) is 3.91. The fourth-order valence-electron chi connectivity index (χ4n) is 2.73. The predicted octanol–water partition coefficient (Wildman–Crippen LogP) is 1.24. The molecule has 1 aliphatic rings. The van der Waals surface area contributed by atoms with Crippen molar-refractivity contribution in [3.8, 4) is 0 Å². The highest BCUT2D eigenvalue weighted by Gasteiger charge is 2.28. The van der Waals surface area contributed by atoms with Crippen molar-refractivity contribution in [3.05, 3.63) is 44.9 Å². The Bertz CT molecular complexity index is 1320. The Morgan fingerprint density at radius 3 is 2.76 bits per heavy atom. The largest absolute Gasteiger partial charge is 0.411 e. The first-order valence-corrected chi connectivity index (χ1v) is 10.6. The second-order valence-electron chi connectivity index (χ2n) is 6.56. The van der Waals surface area contributed by atoms with Crippen LogP contribution in [0.2, 0.25) is 5.15 Å². The first-order valence-electron chi connectivity index (χ1n) is 8.36. The molecule has 0 bridgehead atoms. The molecule has 29 heavy (non-hydrogen) atoms. The van der Waals surface area contributed by atoms with Gasteiger partial charge in [0.25, 0.3) is 5.91 Å². The van der Waals surface area contributed by atoms with E-state index in [0.717, 1.165) is 25.2 Å². The number of fused-ring (bicyclic) bond motifs is 1. The van der Waals surface area contributed by atoms with E-state index in [2.05, 4.69) is 20.5 Å². The van der Waals surface area contributed by atoms with Crippen LogP contribution in [0, 0.1) is 5.82 Å². The average molecular weight is 442 g/mol. The van der Waals surface area contributed by atoms with Gasteiger partial charge in [-0.3, -0.25) is 9.59 Å². The van der Waals surface area contributed by atoms with Gasteiger partial charge in [0.15, 0.2) is 11.0 Å². The molecule has 3 aromatic rings. The van der Waals surface area contributed by atoms with Gasteiger partial charge in [0, 0.05) is 18.5 Å². The zero-order valence-corrected chi connectivity index (χ0v) is 16.4. The number of carbonyl (C=O) groups is 1. The summed E-state index contributed by atoms with van der Waals surface area (Å²) in [5, 5.41) is 8.31. The summed E-state index contributed by atoms with van der Waals surface area (Å²) in [5.74, 6) is -1.78. The van der Waals surface area contributed by atoms with E-state index in [1.165, 1.54) is 6.20 Å². The number of rotatable bonds is 5. The Morgan fingerprint density at radius 1 is 1.41 bits per heavy atom. The number of sulfone groups is 1. The lowest BCUT2D eigenvalue weighted by molar-refractivity contribution is 0.0945. The summed E-state index contributed by atoms with van der Waals surface area (Å²) >= 11 is 5.74. The smallest absolute Gasteiger partial charge is 0.335 e. The maximum Gasteiger partial charge on any atom is 0.335 e. The lowest BCUT2D eigenvalue weighted by atomic mass is 10.1. The Hall–Kier alpha value is -2.86. The highest BCUT2D eigenvalue weighted by molar-refractivity contribution is 7.90. The molecule has 3 heterocycles. The van der Waals surface area contributed by atoms with Gasteiger partial charge in [-0.25, -0.2) is 17.8 Å². The van der Waals surface area contributed by atoms with Gasteiger partial charge in [0.2, 0.25) is 21.2 Å². The molecule has 152 valence electrons. The van der Waals surface area contributed by atoms with Crippen molar-refractivity contribution in [1.82, 2.24) is 25.1 Å². The van der Waals surface area contributed by atoms with E-state index in [1.54, 1.807) is 4.57 Å². The van der Waals surface area contributed by atoms with Crippen molar-refractivity contribution in [1.29, 1.82) is 0 Å². The van der Waals surface area contributed by atoms with Crippen molar-refractivity contribution in [2.24, 2.45) is 0 Å². The van der Waals surface area contributed by atoms with Crippen molar-refractivity contribution >= 4 is 38.4 Å². The number of hydrogen-bond acceptors (Lipinski definition) is 8. The van der Waals surface area contributed by atoms with E-state index >= 15 is 0 Å². The first-order chi connectivity index (χ1) is 13.6. The van der Waals surface area contributed by atoms with E-state index in [-0.39, 0.29) is 40.2 Å². The Labute approximate surface area is 167 Å². The molecule has 3 aromatic heterocycles. The van der Waals surface area contributed by atoms with Gasteiger partial charge in [-0.15, -0.1) is 5.10 Å². The molecule has 1 saturated carbocycles. The van der Waals surface area contributed by atoms with Crippen LogP contribution < -0.4 is 10.7 Å². The summed E-state index contributed by atoms with van der Waals surface area (Å²) in [6.45, 7) is -0.296. The minimum absolute atomic E-state index is 0.0342. The van der Waals surface area contributed by atoms with Crippen LogP contribution in [0.25, 0.3) is 11.0 Å². The molecule has 1 amide bonds. The van der Waals surface area contributed by atoms with Crippen molar-refractivity contribution < 1.29 is 22.0 Å². The molecule has 0 spiro atoms. The van der Waals surface area contributed by atoms with Gasteiger partial charge >= 0.3 is 5.22 Å². The molecule has 1 N–H and O–H groups in total. The molecule has 0 radical (unpaired) electrons. The SMILES string of the molecule is CS(=O)(=O)c1nnc(CNC(=O)c2cn(C3CC3)c3nc(Cl)c(F)cc3c2=O)o1. The molecule has 0 aliphatic heterocycles. The Kier molecular flexibility index (Phi) is 4.62. The Balaban J connectivity index is 1.67. The van der Waals surface area contributed by atoms with Crippen molar-refractivity contribution in [2.45, 2.75) is 30.7 Å². The van der Waals surface area contributed by atoms with Gasteiger partial charge in [-0.05, 0) is 18.9 Å². The van der Waals surface area contributed by atoms with E-state index in [4.69, 9.17) is 16.0 Å². The third-order valence-corrected chi connectivity index (χ3v) is 5.33. The lowest BCUT2D eigenvalue weighted by Crippen LogP contribution is -2.30. The summed E-state index contributed by atoms with van der Waals surface area (Å²) in [5.41, 5.74) is -0.731. The zero-order chi connectivity index (χ0) is 20.9. The summed E-state index contributed by atoms with van der Waals surface area (Å²) in [6, 6.07) is 0.992. The van der Waals surface area contributed by atoms with Gasteiger partial charge < -0.3 is 14.3 Å². The molecule has 0 saturated heterocycles. The first kappa shape index (κ1) is 19.5. The number of halogens is 2. The van der Waals surface area contributed by atoms with E-state index in [0.29, 0.717) is 0 Å². The highest BCUT2D eigenvalue weighted by atomic mass is 35.5. The predicted molar refractivity (Wildman–Crippen MR) is 97.8 cm³/mol. The normalized spacial score (nSPS) is 14.3. The van der Waals surface area contributed by atoms with E-state index in [9.17, 15) is 22.4 Å². The Morgan fingerprint density at radius 2 is 2.14 bits per heavy atom. The van der Waals surface area contributed by atoms with Crippen LogP contribution in [0.15, 0.2) is 26.7 Å². The van der Waals surface area contributed by atoms with Crippen LogP contribution in [-0.2, 0) is 16.4 Å². The van der Waals surface area contributed by atoms with Gasteiger partial charge in [-0.2, -0.15) is 0 Å². The van der Waals surface area contributed by atoms with E-state index in [1.807, 2.05) is 0 Å². The van der Waals surface area contributed by atoms with Crippen LogP contribution in [0.5, 0.6) is 0 Å². The molecule has 1 aliphatic carbocycles. The van der Waals surface area contributed by atoms with Crippen LogP contribution in [0.1, 0.15) is 35.1 Å². The number of nitrogens with zero attached hydrogens (tertiary/aromatic N) is 4. The molecule has 0 unspecified atom stereocenters. The molecule has 13 heteroatoms. The molecule has 1 fully saturated rings. The topological polar surface area (TPSA) is 137 Å². The monoisotopic (exact) mass is 441 g/mol. The zero-order valence-electron chi connectivity index (χ0n) is 14.8. The summed E-state index contributed by atoms with van der Waals surface area (Å²) in [4.78, 5) is 29.2. The van der Waals surface area contributed by atoms with Crippen LogP contribution in [0.3, 0.4) is 0 Å². The van der Waals surface area contributed by atoms with Gasteiger partial charge in [-0.1, -0.05) is 16.7 Å². The van der Waals surface area contributed by atoms with E-state index < -0.39 is 32.2 Å². The summed E-state index contributed by atoms with van der Waals surface area (Å²) < 4.78 is 43.2. The second-order valence-corrected chi connectivity index (χ2v) is 8.81. The fraction of sp³-hybridized carbons (Fsp3) is 0.312. The fourth-order valence-corrected chi connectivity index (χ4v) is 3.30. The number of nitrogens with one attached hydrogen (secondary N) is 1. The molecule has 4 rings (SSSR count). The number of carbonyl (C=O) groups excluding carboxylic acids is 1. The quantitative estimate of drug-likeness (QED) is 0.584. The minimum Gasteiger partial charge on any atom is -0.411 e. The van der Waals surface area contributed by atoms with Gasteiger partial charge in [0.05, 0.1) is 11.9 Å². The average Bonchev–Trinajstić information content (AvgIpc) is 3.37. The summed E-state index contributed by atoms with van der Waals surface area (Å²) in [7, 11) is -3.68. The second kappa shape index (κ2) is 6.88. The molecule has 0 aromatic carbocycles. The third kappa shape index (κ3) is 3.72. The van der Waals surface area contributed by atoms with Gasteiger partial charge in [0.1, 0.15) is 11.2 Å². The van der Waals surface area contributed by atoms with Crippen LogP contribution in [-0.4, -0.2) is 40.3 Å². The van der Waals surface area contributed by atoms with Crippen LogP contribution >= 0.6 is 11.6 Å². The lowest BCUT2D eigenvalue weighted by Gasteiger charge is -2.12. The number of hydrogen-bond donors (Lipinski definition) is 1. The minimum atomic E-state index is -3.68. The maximum absolute atomic E-state index is 13.9. The van der Waals surface area contributed by atoms with Crippen molar-refractivity contribution in [2.75, 3.05) is 6.26 Å². The maximum atomic E-state index is 13.9. The number of aromatic nitrogens is 4. The molecular weight excluding hydrogens is 429 g/mol. The molecular formula is C16H13ClFN5O5S. The third-order valence-electron chi connectivity index (χ3n) is 4.27. The van der Waals surface area contributed by atoms with Crippen molar-refractivity contribution in [3.63, 3.8) is 0 Å².